The van der Waals surface area contributed by atoms with Crippen LogP contribution in [0, 0.1) is 0 Å². The summed E-state index contributed by atoms with van der Waals surface area (Å²) < 4.78 is 0. The van der Waals surface area contributed by atoms with E-state index in [-0.39, 0.29) is 6.10 Å². The second-order valence-corrected chi connectivity index (χ2v) is 6.61. The molecular formula is C20H38O3. The van der Waals surface area contributed by atoms with Gasteiger partial charge in [0.1, 0.15) is 0 Å². The minimum atomic E-state index is -0.671. The van der Waals surface area contributed by atoms with Crippen molar-refractivity contribution in [3.63, 3.8) is 0 Å². The molecule has 3 nitrogen and oxygen atoms in total. The summed E-state index contributed by atoms with van der Waals surface area (Å²) in [7, 11) is 0. The number of hydrogen-bond donors (Lipinski definition) is 2. The van der Waals surface area contributed by atoms with Crippen LogP contribution in [0.2, 0.25) is 0 Å². The molecule has 0 aliphatic carbocycles. The third-order valence-electron chi connectivity index (χ3n) is 4.22. The van der Waals surface area contributed by atoms with Gasteiger partial charge >= 0.3 is 5.97 Å². The first-order valence-electron chi connectivity index (χ1n) is 9.73. The molecular weight excluding hydrogens is 288 g/mol. The second-order valence-electron chi connectivity index (χ2n) is 6.61. The number of unbranched alkanes of at least 4 members (excludes halogenated alkanes) is 11. The predicted molar refractivity (Wildman–Crippen MR) is 97.7 cm³/mol. The normalized spacial score (nSPS) is 12.8. The standard InChI is InChI=1S/C20H38O3/c1-2-3-16-19(21)17-14-12-10-8-6-4-5-7-9-11-13-15-18-20(22)23/h14,17,19,21H,2-13,15-16,18H2,1H3,(H,22,23)/b17-14+/t19-/m1/s1. The summed E-state index contributed by atoms with van der Waals surface area (Å²) in [6.07, 6.45) is 20.5. The number of aliphatic hydroxyl groups is 1. The van der Waals surface area contributed by atoms with Gasteiger partial charge < -0.3 is 10.2 Å². The fourth-order valence-corrected chi connectivity index (χ4v) is 2.72. The summed E-state index contributed by atoms with van der Waals surface area (Å²) in [6, 6.07) is 0. The molecule has 0 unspecified atom stereocenters. The lowest BCUT2D eigenvalue weighted by Crippen LogP contribution is -2.00. The lowest BCUT2D eigenvalue weighted by molar-refractivity contribution is -0.137. The van der Waals surface area contributed by atoms with Crippen LogP contribution in [0.3, 0.4) is 0 Å². The van der Waals surface area contributed by atoms with E-state index in [4.69, 9.17) is 5.11 Å². The molecule has 0 radical (unpaired) electrons. The molecule has 0 aromatic carbocycles. The lowest BCUT2D eigenvalue weighted by Gasteiger charge is -2.03. The van der Waals surface area contributed by atoms with E-state index in [0.29, 0.717) is 6.42 Å². The van der Waals surface area contributed by atoms with Gasteiger partial charge in [-0.2, -0.15) is 0 Å². The van der Waals surface area contributed by atoms with Gasteiger partial charge in [-0.25, -0.2) is 0 Å². The summed E-state index contributed by atoms with van der Waals surface area (Å²) in [6.45, 7) is 2.15. The Labute approximate surface area is 143 Å². The third kappa shape index (κ3) is 19.1. The zero-order valence-electron chi connectivity index (χ0n) is 15.1. The van der Waals surface area contributed by atoms with Crippen molar-refractivity contribution in [2.45, 2.75) is 109 Å². The minimum Gasteiger partial charge on any atom is -0.481 e. The summed E-state index contributed by atoms with van der Waals surface area (Å²) in [5.41, 5.74) is 0. The first-order valence-corrected chi connectivity index (χ1v) is 9.73. The van der Waals surface area contributed by atoms with Crippen molar-refractivity contribution >= 4 is 5.97 Å². The molecule has 136 valence electrons. The average molecular weight is 327 g/mol. The monoisotopic (exact) mass is 326 g/mol. The highest BCUT2D eigenvalue weighted by atomic mass is 16.4. The number of rotatable bonds is 17. The molecule has 0 bridgehead atoms. The number of carboxylic acid groups (broad SMARTS) is 1. The Kier molecular flexibility index (Phi) is 16.9. The van der Waals surface area contributed by atoms with Crippen molar-refractivity contribution in [3.8, 4) is 0 Å². The first kappa shape index (κ1) is 22.2. The third-order valence-corrected chi connectivity index (χ3v) is 4.22. The molecule has 1 atom stereocenters. The van der Waals surface area contributed by atoms with Gasteiger partial charge in [-0.05, 0) is 25.7 Å². The highest BCUT2D eigenvalue weighted by molar-refractivity contribution is 5.66. The van der Waals surface area contributed by atoms with Crippen LogP contribution in [0.1, 0.15) is 103 Å². The smallest absolute Gasteiger partial charge is 0.303 e. The van der Waals surface area contributed by atoms with E-state index < -0.39 is 5.97 Å². The summed E-state index contributed by atoms with van der Waals surface area (Å²) in [5, 5.41) is 18.2. The Balaban J connectivity index is 3.16. The van der Waals surface area contributed by atoms with E-state index in [0.717, 1.165) is 38.5 Å². The van der Waals surface area contributed by atoms with Crippen molar-refractivity contribution in [1.82, 2.24) is 0 Å². The molecule has 0 amide bonds. The van der Waals surface area contributed by atoms with Crippen LogP contribution in [0.5, 0.6) is 0 Å². The number of carboxylic acids is 1. The van der Waals surface area contributed by atoms with Crippen molar-refractivity contribution in [2.24, 2.45) is 0 Å². The topological polar surface area (TPSA) is 57.5 Å². The molecule has 0 rings (SSSR count). The predicted octanol–water partition coefficient (Wildman–Crippen LogP) is 5.86. The maximum absolute atomic E-state index is 10.4. The van der Waals surface area contributed by atoms with Crippen molar-refractivity contribution in [3.05, 3.63) is 12.2 Å². The highest BCUT2D eigenvalue weighted by Crippen LogP contribution is 2.12. The fourth-order valence-electron chi connectivity index (χ4n) is 2.72. The van der Waals surface area contributed by atoms with Crippen LogP contribution < -0.4 is 0 Å². The zero-order chi connectivity index (χ0) is 17.2. The maximum Gasteiger partial charge on any atom is 0.303 e. The molecule has 3 heteroatoms. The largest absolute Gasteiger partial charge is 0.481 e. The average Bonchev–Trinajstić information content (AvgIpc) is 2.52. The Hall–Kier alpha value is -0.830. The van der Waals surface area contributed by atoms with E-state index in [1.807, 2.05) is 6.08 Å². The molecule has 0 saturated carbocycles. The van der Waals surface area contributed by atoms with Crippen LogP contribution in [-0.4, -0.2) is 22.3 Å². The van der Waals surface area contributed by atoms with E-state index in [9.17, 15) is 9.90 Å². The fraction of sp³-hybridized carbons (Fsp3) is 0.850. The molecule has 0 aliphatic rings. The number of hydrogen-bond acceptors (Lipinski definition) is 2. The zero-order valence-corrected chi connectivity index (χ0v) is 15.1. The van der Waals surface area contributed by atoms with Crippen LogP contribution in [0.15, 0.2) is 12.2 Å². The van der Waals surface area contributed by atoms with Crippen LogP contribution >= 0.6 is 0 Å². The van der Waals surface area contributed by atoms with Gasteiger partial charge in [0.2, 0.25) is 0 Å². The van der Waals surface area contributed by atoms with E-state index in [2.05, 4.69) is 13.0 Å². The van der Waals surface area contributed by atoms with Gasteiger partial charge in [0.05, 0.1) is 6.10 Å². The Morgan fingerprint density at radius 3 is 1.91 bits per heavy atom. The van der Waals surface area contributed by atoms with Crippen LogP contribution in [-0.2, 0) is 4.79 Å². The van der Waals surface area contributed by atoms with Gasteiger partial charge in [0.25, 0.3) is 0 Å². The van der Waals surface area contributed by atoms with E-state index in [1.165, 1.54) is 51.4 Å². The second kappa shape index (κ2) is 17.5. The molecule has 0 spiro atoms. The Morgan fingerprint density at radius 1 is 0.870 bits per heavy atom. The molecule has 0 fully saturated rings. The quantitative estimate of drug-likeness (QED) is 0.260. The first-order chi connectivity index (χ1) is 11.2. The van der Waals surface area contributed by atoms with Gasteiger partial charge in [0.15, 0.2) is 0 Å². The molecule has 23 heavy (non-hydrogen) atoms. The molecule has 2 N–H and O–H groups in total. The van der Waals surface area contributed by atoms with E-state index >= 15 is 0 Å². The van der Waals surface area contributed by atoms with Crippen LogP contribution in [0.25, 0.3) is 0 Å². The van der Waals surface area contributed by atoms with Crippen molar-refractivity contribution in [2.75, 3.05) is 0 Å². The summed E-state index contributed by atoms with van der Waals surface area (Å²) >= 11 is 0. The number of aliphatic hydroxyl groups excluding tert-OH is 1. The Bertz CT molecular complexity index is 287. The SMILES string of the molecule is CCCC[C@@H](O)/C=C/CCCCCCCCCCCCC(=O)O. The summed E-state index contributed by atoms with van der Waals surface area (Å²) in [4.78, 5) is 10.4. The summed E-state index contributed by atoms with van der Waals surface area (Å²) in [5.74, 6) is -0.671. The molecule has 0 saturated heterocycles. The number of aliphatic carboxylic acids is 1. The Morgan fingerprint density at radius 2 is 1.39 bits per heavy atom. The van der Waals surface area contributed by atoms with Crippen LogP contribution in [0.4, 0.5) is 0 Å². The molecule has 0 heterocycles. The van der Waals surface area contributed by atoms with Gasteiger partial charge in [-0.1, -0.05) is 83.3 Å². The van der Waals surface area contributed by atoms with Gasteiger partial charge in [0, 0.05) is 6.42 Å². The lowest BCUT2D eigenvalue weighted by atomic mass is 10.0. The van der Waals surface area contributed by atoms with Crippen molar-refractivity contribution in [1.29, 1.82) is 0 Å². The molecule has 0 aromatic rings. The van der Waals surface area contributed by atoms with Crippen molar-refractivity contribution < 1.29 is 15.0 Å². The number of allylic oxidation sites excluding steroid dienone is 1. The minimum absolute atomic E-state index is 0.245. The van der Waals surface area contributed by atoms with Gasteiger partial charge in [-0.15, -0.1) is 0 Å². The number of carbonyl (C=O) groups is 1. The highest BCUT2D eigenvalue weighted by Gasteiger charge is 1.98. The molecule has 0 aromatic heterocycles. The molecule has 0 aliphatic heterocycles. The van der Waals surface area contributed by atoms with Gasteiger partial charge in [-0.3, -0.25) is 4.79 Å². The van der Waals surface area contributed by atoms with E-state index in [1.54, 1.807) is 0 Å². The maximum atomic E-state index is 10.4.